The van der Waals surface area contributed by atoms with Crippen molar-refractivity contribution in [2.75, 3.05) is 17.8 Å². The van der Waals surface area contributed by atoms with Gasteiger partial charge in [0.15, 0.2) is 0 Å². The summed E-state index contributed by atoms with van der Waals surface area (Å²) in [6.07, 6.45) is 2.97. The van der Waals surface area contributed by atoms with Crippen LogP contribution in [0.25, 0.3) is 0 Å². The topological polar surface area (TPSA) is 73.1 Å². The van der Waals surface area contributed by atoms with Gasteiger partial charge in [0, 0.05) is 24.2 Å². The van der Waals surface area contributed by atoms with Gasteiger partial charge in [-0.15, -0.1) is 11.8 Å². The summed E-state index contributed by atoms with van der Waals surface area (Å²) in [7, 11) is -2.88. The van der Waals surface area contributed by atoms with Crippen LogP contribution in [-0.4, -0.2) is 31.2 Å². The quantitative estimate of drug-likeness (QED) is 0.806. The van der Waals surface area contributed by atoms with Gasteiger partial charge in [0.05, 0.1) is 10.8 Å². The third-order valence-electron chi connectivity index (χ3n) is 1.99. The Labute approximate surface area is 101 Å². The SMILES string of the molecule is CC(N)c1ccc(SCCS(C)(=O)=O)nc1. The molecule has 0 aliphatic rings. The monoisotopic (exact) mass is 260 g/mol. The molecule has 1 unspecified atom stereocenters. The molecule has 90 valence electrons. The molecule has 4 nitrogen and oxygen atoms in total. The number of sulfone groups is 1. The van der Waals surface area contributed by atoms with Gasteiger partial charge in [-0.1, -0.05) is 6.07 Å². The molecule has 1 atom stereocenters. The maximum Gasteiger partial charge on any atom is 0.148 e. The first-order chi connectivity index (χ1) is 7.38. The Morgan fingerprint density at radius 1 is 1.50 bits per heavy atom. The maximum atomic E-state index is 10.9. The Morgan fingerprint density at radius 3 is 2.62 bits per heavy atom. The molecule has 2 N–H and O–H groups in total. The van der Waals surface area contributed by atoms with E-state index in [1.807, 2.05) is 19.1 Å². The lowest BCUT2D eigenvalue weighted by Gasteiger charge is -2.05. The van der Waals surface area contributed by atoms with E-state index in [9.17, 15) is 8.42 Å². The lowest BCUT2D eigenvalue weighted by molar-refractivity contribution is 0.603. The van der Waals surface area contributed by atoms with E-state index in [4.69, 9.17) is 5.73 Å². The number of hydrogen-bond donors (Lipinski definition) is 1. The Morgan fingerprint density at radius 2 is 2.19 bits per heavy atom. The van der Waals surface area contributed by atoms with Gasteiger partial charge in [0.1, 0.15) is 9.84 Å². The second-order valence-corrected chi connectivity index (χ2v) is 7.07. The van der Waals surface area contributed by atoms with Gasteiger partial charge in [-0.3, -0.25) is 0 Å². The van der Waals surface area contributed by atoms with Crippen molar-refractivity contribution in [3.8, 4) is 0 Å². The normalized spacial score (nSPS) is 13.7. The molecule has 16 heavy (non-hydrogen) atoms. The maximum absolute atomic E-state index is 10.9. The van der Waals surface area contributed by atoms with Crippen LogP contribution in [0, 0.1) is 0 Å². The highest BCUT2D eigenvalue weighted by Gasteiger charge is 2.04. The minimum absolute atomic E-state index is 0.0254. The van der Waals surface area contributed by atoms with E-state index in [1.165, 1.54) is 18.0 Å². The van der Waals surface area contributed by atoms with Gasteiger partial charge in [-0.2, -0.15) is 0 Å². The Hall–Kier alpha value is -0.590. The number of nitrogens with zero attached hydrogens (tertiary/aromatic N) is 1. The average molecular weight is 260 g/mol. The van der Waals surface area contributed by atoms with Crippen LogP contribution in [0.1, 0.15) is 18.5 Å². The van der Waals surface area contributed by atoms with E-state index >= 15 is 0 Å². The van der Waals surface area contributed by atoms with E-state index in [0.29, 0.717) is 5.75 Å². The van der Waals surface area contributed by atoms with E-state index in [-0.39, 0.29) is 11.8 Å². The number of thioether (sulfide) groups is 1. The van der Waals surface area contributed by atoms with Crippen LogP contribution >= 0.6 is 11.8 Å². The summed E-state index contributed by atoms with van der Waals surface area (Å²) in [4.78, 5) is 4.21. The number of pyridine rings is 1. The molecule has 1 rings (SSSR count). The summed E-state index contributed by atoms with van der Waals surface area (Å²) in [5, 5.41) is 0.827. The van der Waals surface area contributed by atoms with Crippen molar-refractivity contribution in [2.24, 2.45) is 5.73 Å². The van der Waals surface area contributed by atoms with Crippen LogP contribution < -0.4 is 5.73 Å². The fraction of sp³-hybridized carbons (Fsp3) is 0.500. The van der Waals surface area contributed by atoms with Crippen LogP contribution in [0.3, 0.4) is 0 Å². The van der Waals surface area contributed by atoms with E-state index < -0.39 is 9.84 Å². The van der Waals surface area contributed by atoms with E-state index in [0.717, 1.165) is 10.6 Å². The van der Waals surface area contributed by atoms with Crippen LogP contribution in [-0.2, 0) is 9.84 Å². The first-order valence-corrected chi connectivity index (χ1v) is 7.95. The van der Waals surface area contributed by atoms with E-state index in [1.54, 1.807) is 6.20 Å². The standard InChI is InChI=1S/C10H16N2O2S2/c1-8(11)9-3-4-10(12-7-9)15-5-6-16(2,13)14/h3-4,7-8H,5-6,11H2,1-2H3. The van der Waals surface area contributed by atoms with Gasteiger partial charge >= 0.3 is 0 Å². The molecule has 0 bridgehead atoms. The summed E-state index contributed by atoms with van der Waals surface area (Å²) >= 11 is 1.44. The zero-order valence-corrected chi connectivity index (χ0v) is 11.0. The second kappa shape index (κ2) is 5.65. The number of rotatable bonds is 5. The van der Waals surface area contributed by atoms with Crippen LogP contribution in [0.15, 0.2) is 23.4 Å². The molecule has 0 amide bonds. The van der Waals surface area contributed by atoms with Crippen molar-refractivity contribution in [1.82, 2.24) is 4.98 Å². The Kier molecular flexibility index (Phi) is 4.76. The highest BCUT2D eigenvalue weighted by molar-refractivity contribution is 8.00. The number of nitrogens with two attached hydrogens (primary N) is 1. The minimum Gasteiger partial charge on any atom is -0.324 e. The third-order valence-corrected chi connectivity index (χ3v) is 4.14. The van der Waals surface area contributed by atoms with Gasteiger partial charge in [0.2, 0.25) is 0 Å². The predicted molar refractivity (Wildman–Crippen MR) is 67.3 cm³/mol. The van der Waals surface area contributed by atoms with Crippen molar-refractivity contribution < 1.29 is 8.42 Å². The molecule has 0 fully saturated rings. The molecule has 0 aliphatic heterocycles. The van der Waals surface area contributed by atoms with Crippen molar-refractivity contribution in [3.05, 3.63) is 23.9 Å². The smallest absolute Gasteiger partial charge is 0.148 e. The van der Waals surface area contributed by atoms with Crippen LogP contribution in [0.4, 0.5) is 0 Å². The molecule has 0 saturated carbocycles. The van der Waals surface area contributed by atoms with Gasteiger partial charge < -0.3 is 5.73 Å². The highest BCUT2D eigenvalue weighted by atomic mass is 32.2. The van der Waals surface area contributed by atoms with Crippen LogP contribution in [0.5, 0.6) is 0 Å². The molecule has 0 aliphatic carbocycles. The zero-order chi connectivity index (χ0) is 12.2. The molecule has 1 aromatic rings. The fourth-order valence-corrected chi connectivity index (χ4v) is 3.09. The molecule has 6 heteroatoms. The Bertz CT molecular complexity index is 427. The molecule has 0 radical (unpaired) electrons. The summed E-state index contributed by atoms with van der Waals surface area (Å²) in [6, 6.07) is 3.76. The van der Waals surface area contributed by atoms with Crippen molar-refractivity contribution in [2.45, 2.75) is 18.0 Å². The summed E-state index contributed by atoms with van der Waals surface area (Å²) < 4.78 is 21.8. The molecule has 0 aromatic carbocycles. The van der Waals surface area contributed by atoms with E-state index in [2.05, 4.69) is 4.98 Å². The lowest BCUT2D eigenvalue weighted by atomic mass is 10.2. The largest absolute Gasteiger partial charge is 0.324 e. The summed E-state index contributed by atoms with van der Waals surface area (Å²) in [6.45, 7) is 1.90. The molecule has 0 saturated heterocycles. The predicted octanol–water partition coefficient (Wildman–Crippen LogP) is 1.24. The molecule has 1 aromatic heterocycles. The lowest BCUT2D eigenvalue weighted by Crippen LogP contribution is -2.06. The molecular weight excluding hydrogens is 244 g/mol. The number of aromatic nitrogens is 1. The molecule has 0 spiro atoms. The van der Waals surface area contributed by atoms with Gasteiger partial charge in [-0.05, 0) is 18.6 Å². The van der Waals surface area contributed by atoms with Gasteiger partial charge in [-0.25, -0.2) is 13.4 Å². The van der Waals surface area contributed by atoms with Gasteiger partial charge in [0.25, 0.3) is 0 Å². The summed E-state index contributed by atoms with van der Waals surface area (Å²) in [5.74, 6) is 0.706. The fourth-order valence-electron chi connectivity index (χ4n) is 1.04. The molecule has 1 heterocycles. The summed E-state index contributed by atoms with van der Waals surface area (Å²) in [5.41, 5.74) is 6.67. The highest BCUT2D eigenvalue weighted by Crippen LogP contribution is 2.17. The minimum atomic E-state index is -2.88. The molecular formula is C10H16N2O2S2. The van der Waals surface area contributed by atoms with Crippen molar-refractivity contribution >= 4 is 21.6 Å². The number of hydrogen-bond acceptors (Lipinski definition) is 5. The average Bonchev–Trinajstić information content (AvgIpc) is 2.16. The van der Waals surface area contributed by atoms with Crippen molar-refractivity contribution in [1.29, 1.82) is 0 Å². The van der Waals surface area contributed by atoms with Crippen LogP contribution in [0.2, 0.25) is 0 Å². The zero-order valence-electron chi connectivity index (χ0n) is 9.38. The Balaban J connectivity index is 2.50. The second-order valence-electron chi connectivity index (χ2n) is 3.70. The first kappa shape index (κ1) is 13.5. The van der Waals surface area contributed by atoms with Crippen molar-refractivity contribution in [3.63, 3.8) is 0 Å². The third kappa shape index (κ3) is 4.96. The first-order valence-electron chi connectivity index (χ1n) is 4.90.